The molecule has 0 saturated heterocycles. The van der Waals surface area contributed by atoms with Crippen molar-refractivity contribution in [1.82, 2.24) is 20.7 Å². The van der Waals surface area contributed by atoms with Crippen molar-refractivity contribution in [2.75, 3.05) is 19.2 Å². The Labute approximate surface area is 156 Å². The number of ether oxygens (including phenoxy) is 2. The average Bonchev–Trinajstić information content (AvgIpc) is 3.30. The van der Waals surface area contributed by atoms with Gasteiger partial charge in [-0.2, -0.15) is 5.10 Å². The molecule has 10 nitrogen and oxygen atoms in total. The Morgan fingerprint density at radius 1 is 1.30 bits per heavy atom. The van der Waals surface area contributed by atoms with Crippen LogP contribution in [0.25, 0.3) is 0 Å². The molecule has 10 heteroatoms. The van der Waals surface area contributed by atoms with Gasteiger partial charge in [0.1, 0.15) is 12.6 Å². The van der Waals surface area contributed by atoms with Crippen LogP contribution in [0.3, 0.4) is 0 Å². The van der Waals surface area contributed by atoms with Gasteiger partial charge in [0.05, 0.1) is 11.8 Å². The molecule has 2 heterocycles. The van der Waals surface area contributed by atoms with E-state index < -0.39 is 5.91 Å². The van der Waals surface area contributed by atoms with Gasteiger partial charge in [0.25, 0.3) is 11.8 Å². The molecule has 0 radical (unpaired) electrons. The van der Waals surface area contributed by atoms with Crippen molar-refractivity contribution < 1.29 is 23.6 Å². The quantitative estimate of drug-likeness (QED) is 0.625. The molecule has 0 bridgehead atoms. The monoisotopic (exact) mass is 377 g/mol. The summed E-state index contributed by atoms with van der Waals surface area (Å²) in [4.78, 5) is 24.7. The minimum Gasteiger partial charge on any atom is -0.361 e. The first-order chi connectivity index (χ1) is 13.1. The first-order valence-electron chi connectivity index (χ1n) is 8.76. The molecular weight excluding hydrogens is 354 g/mol. The topological polar surface area (TPSA) is 131 Å². The van der Waals surface area contributed by atoms with Crippen LogP contribution >= 0.6 is 0 Å². The number of nitrogens with one attached hydrogen (secondary N) is 3. The molecular formula is C17H23N5O5. The molecule has 2 amide bonds. The summed E-state index contributed by atoms with van der Waals surface area (Å²) in [7, 11) is 1.59. The third-order valence-electron chi connectivity index (χ3n) is 4.40. The molecule has 146 valence electrons. The van der Waals surface area contributed by atoms with Crippen LogP contribution in [-0.2, 0) is 9.47 Å². The summed E-state index contributed by atoms with van der Waals surface area (Å²) in [6.07, 6.45) is 4.93. The van der Waals surface area contributed by atoms with Gasteiger partial charge in [0.15, 0.2) is 11.4 Å². The summed E-state index contributed by atoms with van der Waals surface area (Å²) in [5.74, 6) is -0.294. The van der Waals surface area contributed by atoms with Gasteiger partial charge in [-0.25, -0.2) is 0 Å². The molecule has 0 atom stereocenters. The number of methoxy groups -OCH3 is 1. The Hall–Kier alpha value is -2.72. The largest absolute Gasteiger partial charge is 0.361 e. The number of hydrogen-bond donors (Lipinski definition) is 3. The first-order valence-corrected chi connectivity index (χ1v) is 8.76. The van der Waals surface area contributed by atoms with Gasteiger partial charge < -0.3 is 24.6 Å². The van der Waals surface area contributed by atoms with E-state index in [1.165, 1.54) is 12.3 Å². The van der Waals surface area contributed by atoms with E-state index in [1.807, 2.05) is 0 Å². The number of aromatic amines is 1. The van der Waals surface area contributed by atoms with E-state index in [9.17, 15) is 9.59 Å². The predicted octanol–water partition coefficient (Wildman–Crippen LogP) is 1.62. The maximum Gasteiger partial charge on any atom is 0.277 e. The van der Waals surface area contributed by atoms with Crippen LogP contribution in [0.2, 0.25) is 0 Å². The van der Waals surface area contributed by atoms with Crippen LogP contribution < -0.4 is 10.6 Å². The van der Waals surface area contributed by atoms with Gasteiger partial charge in [0.2, 0.25) is 0 Å². The molecule has 1 aliphatic carbocycles. The normalized spacial score (nSPS) is 19.6. The third-order valence-corrected chi connectivity index (χ3v) is 4.40. The number of anilines is 1. The summed E-state index contributed by atoms with van der Waals surface area (Å²) < 4.78 is 15.3. The van der Waals surface area contributed by atoms with E-state index in [0.717, 1.165) is 25.7 Å². The fraction of sp³-hybridized carbons (Fsp3) is 0.529. The van der Waals surface area contributed by atoms with E-state index in [0.29, 0.717) is 5.76 Å². The average molecular weight is 377 g/mol. The van der Waals surface area contributed by atoms with Crippen LogP contribution in [0.1, 0.15) is 52.4 Å². The zero-order chi connectivity index (χ0) is 19.2. The van der Waals surface area contributed by atoms with Crippen molar-refractivity contribution in [3.05, 3.63) is 29.4 Å². The van der Waals surface area contributed by atoms with Gasteiger partial charge >= 0.3 is 0 Å². The van der Waals surface area contributed by atoms with Gasteiger partial charge in [0, 0.05) is 25.4 Å². The van der Waals surface area contributed by atoms with Crippen molar-refractivity contribution in [3.8, 4) is 0 Å². The lowest BCUT2D eigenvalue weighted by Gasteiger charge is -2.28. The maximum atomic E-state index is 12.5. The SMILES string of the molecule is COCO[C@H]1CC[C@H](NC(=O)c2n[nH]cc2NC(=O)c2cc(C)on2)CC1. The fourth-order valence-electron chi connectivity index (χ4n) is 3.01. The predicted molar refractivity (Wildman–Crippen MR) is 94.3 cm³/mol. The second-order valence-corrected chi connectivity index (χ2v) is 6.44. The Kier molecular flexibility index (Phi) is 6.20. The highest BCUT2D eigenvalue weighted by molar-refractivity contribution is 6.07. The number of aromatic nitrogens is 3. The second kappa shape index (κ2) is 8.78. The molecule has 2 aromatic rings. The summed E-state index contributed by atoms with van der Waals surface area (Å²) in [5, 5.41) is 15.8. The Morgan fingerprint density at radius 3 is 2.74 bits per heavy atom. The van der Waals surface area contributed by atoms with Crippen LogP contribution in [0.5, 0.6) is 0 Å². The number of hydrogen-bond acceptors (Lipinski definition) is 7. The third kappa shape index (κ3) is 4.92. The minimum absolute atomic E-state index is 0.0401. The lowest BCUT2D eigenvalue weighted by atomic mass is 9.93. The zero-order valence-corrected chi connectivity index (χ0v) is 15.3. The molecule has 1 fully saturated rings. The molecule has 3 N–H and O–H groups in total. The number of rotatable bonds is 7. The number of aryl methyl sites for hydroxylation is 1. The second-order valence-electron chi connectivity index (χ2n) is 6.44. The molecule has 2 aromatic heterocycles. The number of nitrogens with zero attached hydrogens (tertiary/aromatic N) is 2. The highest BCUT2D eigenvalue weighted by Crippen LogP contribution is 2.22. The lowest BCUT2D eigenvalue weighted by molar-refractivity contribution is -0.0837. The molecule has 0 unspecified atom stereocenters. The van der Waals surface area contributed by atoms with Crippen molar-refractivity contribution in [2.45, 2.75) is 44.8 Å². The van der Waals surface area contributed by atoms with E-state index in [2.05, 4.69) is 26.0 Å². The first kappa shape index (κ1) is 19.1. The molecule has 0 aromatic carbocycles. The Morgan fingerprint density at radius 2 is 2.07 bits per heavy atom. The molecule has 0 spiro atoms. The van der Waals surface area contributed by atoms with Crippen LogP contribution in [0.15, 0.2) is 16.8 Å². The summed E-state index contributed by atoms with van der Waals surface area (Å²) in [6, 6.07) is 1.55. The van der Waals surface area contributed by atoms with Crippen molar-refractivity contribution >= 4 is 17.5 Å². The summed E-state index contributed by atoms with van der Waals surface area (Å²) >= 11 is 0. The van der Waals surface area contributed by atoms with E-state index in [1.54, 1.807) is 14.0 Å². The van der Waals surface area contributed by atoms with Crippen LogP contribution in [-0.4, -0.2) is 53.2 Å². The van der Waals surface area contributed by atoms with Gasteiger partial charge in [-0.3, -0.25) is 14.7 Å². The van der Waals surface area contributed by atoms with E-state index >= 15 is 0 Å². The summed E-state index contributed by atoms with van der Waals surface area (Å²) in [5.41, 5.74) is 0.547. The fourth-order valence-corrected chi connectivity index (χ4v) is 3.01. The smallest absolute Gasteiger partial charge is 0.277 e. The molecule has 3 rings (SSSR count). The maximum absolute atomic E-state index is 12.5. The zero-order valence-electron chi connectivity index (χ0n) is 15.3. The Balaban J connectivity index is 1.54. The molecule has 0 aliphatic heterocycles. The number of H-pyrrole nitrogens is 1. The highest BCUT2D eigenvalue weighted by Gasteiger charge is 2.25. The number of amides is 2. The molecule has 1 saturated carbocycles. The minimum atomic E-state index is -0.474. The Bertz CT molecular complexity index is 778. The highest BCUT2D eigenvalue weighted by atomic mass is 16.7. The van der Waals surface area contributed by atoms with Crippen LogP contribution in [0, 0.1) is 6.92 Å². The van der Waals surface area contributed by atoms with Crippen molar-refractivity contribution in [1.29, 1.82) is 0 Å². The number of carbonyl (C=O) groups is 2. The lowest BCUT2D eigenvalue weighted by Crippen LogP contribution is -2.39. The van der Waals surface area contributed by atoms with E-state index in [4.69, 9.17) is 14.0 Å². The van der Waals surface area contributed by atoms with Crippen molar-refractivity contribution in [2.24, 2.45) is 0 Å². The molecule has 27 heavy (non-hydrogen) atoms. The number of carbonyl (C=O) groups excluding carboxylic acids is 2. The van der Waals surface area contributed by atoms with Crippen molar-refractivity contribution in [3.63, 3.8) is 0 Å². The van der Waals surface area contributed by atoms with Gasteiger partial charge in [-0.15, -0.1) is 0 Å². The van der Waals surface area contributed by atoms with Crippen LogP contribution in [0.4, 0.5) is 5.69 Å². The summed E-state index contributed by atoms with van der Waals surface area (Å²) in [6.45, 7) is 1.97. The van der Waals surface area contributed by atoms with Gasteiger partial charge in [-0.1, -0.05) is 5.16 Å². The standard InChI is InChI=1S/C17H23N5O5/c1-10-7-13(22-27-10)16(23)20-14-8-18-21-15(14)17(24)19-11-3-5-12(6-4-11)26-9-25-2/h7-8,11-12H,3-6,9H2,1-2H3,(H,18,21)(H,19,24)(H,20,23)/t11-,12-. The van der Waals surface area contributed by atoms with Gasteiger partial charge in [-0.05, 0) is 32.6 Å². The molecule has 1 aliphatic rings. The van der Waals surface area contributed by atoms with E-state index in [-0.39, 0.29) is 41.9 Å².